The third kappa shape index (κ3) is 3.72. The second-order valence-corrected chi connectivity index (χ2v) is 5.56. The Morgan fingerprint density at radius 1 is 1.32 bits per heavy atom. The molecule has 2 atom stereocenters. The van der Waals surface area contributed by atoms with Gasteiger partial charge in [-0.1, -0.05) is 0 Å². The molecule has 1 saturated heterocycles. The summed E-state index contributed by atoms with van der Waals surface area (Å²) in [4.78, 5) is 27.6. The van der Waals surface area contributed by atoms with E-state index in [0.717, 1.165) is 22.9 Å². The van der Waals surface area contributed by atoms with E-state index < -0.39 is 41.4 Å². The summed E-state index contributed by atoms with van der Waals surface area (Å²) in [5.41, 5.74) is -0.698. The molecular formula is C16H15F2N3O4. The number of hydrogen-bond acceptors (Lipinski definition) is 5. The lowest BCUT2D eigenvalue weighted by molar-refractivity contribution is -0.0249. The van der Waals surface area contributed by atoms with Gasteiger partial charge in [0.1, 0.15) is 12.0 Å². The zero-order chi connectivity index (χ0) is 18.0. The number of nitrogens with zero attached hydrogens (tertiary/aromatic N) is 2. The fourth-order valence-electron chi connectivity index (χ4n) is 2.55. The number of amides is 1. The van der Waals surface area contributed by atoms with Crippen molar-refractivity contribution in [1.82, 2.24) is 9.55 Å². The number of anilines is 1. The molecule has 1 aliphatic rings. The van der Waals surface area contributed by atoms with Gasteiger partial charge in [-0.05, 0) is 37.1 Å². The Bertz CT molecular complexity index is 838. The number of halogens is 2. The van der Waals surface area contributed by atoms with E-state index >= 15 is 0 Å². The third-order valence-electron chi connectivity index (χ3n) is 3.84. The van der Waals surface area contributed by atoms with Crippen LogP contribution in [0.15, 0.2) is 35.3 Å². The van der Waals surface area contributed by atoms with E-state index in [-0.39, 0.29) is 12.2 Å². The molecule has 0 spiro atoms. The van der Waals surface area contributed by atoms with Crippen LogP contribution in [0.4, 0.5) is 14.6 Å². The molecule has 1 amide bonds. The van der Waals surface area contributed by atoms with Gasteiger partial charge in [-0.25, -0.2) is 13.6 Å². The van der Waals surface area contributed by atoms with Crippen LogP contribution in [-0.2, 0) is 4.74 Å². The quantitative estimate of drug-likeness (QED) is 0.870. The molecule has 0 radical (unpaired) electrons. The third-order valence-corrected chi connectivity index (χ3v) is 3.84. The second-order valence-electron chi connectivity index (χ2n) is 5.56. The summed E-state index contributed by atoms with van der Waals surface area (Å²) in [5.74, 6) is -2.67. The van der Waals surface area contributed by atoms with Crippen LogP contribution in [0, 0.1) is 11.6 Å². The first kappa shape index (κ1) is 17.2. The van der Waals surface area contributed by atoms with Crippen LogP contribution in [0.1, 0.15) is 29.4 Å². The van der Waals surface area contributed by atoms with Crippen molar-refractivity contribution in [1.29, 1.82) is 0 Å². The molecule has 2 aromatic rings. The van der Waals surface area contributed by atoms with Crippen LogP contribution in [0.5, 0.6) is 0 Å². The van der Waals surface area contributed by atoms with Crippen molar-refractivity contribution in [3.63, 3.8) is 0 Å². The smallest absolute Gasteiger partial charge is 0.351 e. The molecule has 2 heterocycles. The van der Waals surface area contributed by atoms with Crippen LogP contribution >= 0.6 is 0 Å². The summed E-state index contributed by atoms with van der Waals surface area (Å²) in [7, 11) is 0. The van der Waals surface area contributed by atoms with Gasteiger partial charge in [-0.15, -0.1) is 0 Å². The fraction of sp³-hybridized carbons (Fsp3) is 0.312. The van der Waals surface area contributed by atoms with Crippen molar-refractivity contribution in [2.24, 2.45) is 0 Å². The van der Waals surface area contributed by atoms with Crippen LogP contribution in [0.2, 0.25) is 0 Å². The Kier molecular flexibility index (Phi) is 4.86. The summed E-state index contributed by atoms with van der Waals surface area (Å²) in [6.45, 7) is -0.188. The lowest BCUT2D eigenvalue weighted by Gasteiger charge is -2.15. The molecule has 9 heteroatoms. The van der Waals surface area contributed by atoms with E-state index in [9.17, 15) is 18.4 Å². The molecule has 0 saturated carbocycles. The average Bonchev–Trinajstić information content (AvgIpc) is 3.07. The van der Waals surface area contributed by atoms with Crippen molar-refractivity contribution < 1.29 is 23.4 Å². The van der Waals surface area contributed by atoms with E-state index in [0.29, 0.717) is 12.8 Å². The number of aliphatic hydroxyl groups is 1. The van der Waals surface area contributed by atoms with E-state index in [1.807, 2.05) is 0 Å². The molecule has 1 aromatic heterocycles. The van der Waals surface area contributed by atoms with Gasteiger partial charge in [0.25, 0.3) is 5.91 Å². The van der Waals surface area contributed by atoms with Gasteiger partial charge in [-0.2, -0.15) is 4.98 Å². The Morgan fingerprint density at radius 3 is 2.68 bits per heavy atom. The van der Waals surface area contributed by atoms with E-state index in [2.05, 4.69) is 10.3 Å². The van der Waals surface area contributed by atoms with Crippen molar-refractivity contribution in [2.45, 2.75) is 25.2 Å². The molecule has 0 bridgehead atoms. The van der Waals surface area contributed by atoms with E-state index in [1.54, 1.807) is 0 Å². The van der Waals surface area contributed by atoms with Gasteiger partial charge in [-0.3, -0.25) is 9.36 Å². The molecule has 1 fully saturated rings. The maximum atomic E-state index is 14.2. The highest BCUT2D eigenvalue weighted by Gasteiger charge is 2.27. The van der Waals surface area contributed by atoms with E-state index in [4.69, 9.17) is 9.84 Å². The van der Waals surface area contributed by atoms with Gasteiger partial charge < -0.3 is 15.2 Å². The first-order chi connectivity index (χ1) is 12.0. The van der Waals surface area contributed by atoms with Crippen LogP contribution in [0.25, 0.3) is 0 Å². The number of ether oxygens (including phenoxy) is 1. The van der Waals surface area contributed by atoms with Gasteiger partial charge in [0.05, 0.1) is 18.9 Å². The van der Waals surface area contributed by atoms with Gasteiger partial charge in [0.15, 0.2) is 11.6 Å². The van der Waals surface area contributed by atoms with Crippen LogP contribution in [0.3, 0.4) is 0 Å². The fourth-order valence-corrected chi connectivity index (χ4v) is 2.55. The lowest BCUT2D eigenvalue weighted by atomic mass is 10.2. The summed E-state index contributed by atoms with van der Waals surface area (Å²) < 4.78 is 33.5. The molecule has 3 rings (SSSR count). The predicted molar refractivity (Wildman–Crippen MR) is 83.0 cm³/mol. The molecule has 1 aliphatic heterocycles. The predicted octanol–water partition coefficient (Wildman–Crippen LogP) is 1.44. The standard InChI is InChI=1S/C16H15F2N3O4/c17-10-3-1-9(2-4-10)15(23)19-14-12(18)7-21(16(24)20-14)13-6-5-11(8-22)25-13/h1-4,7,11,13,22H,5-6,8H2,(H,19,20,23,24)/t11-,13+/m0/s1. The number of rotatable bonds is 4. The monoisotopic (exact) mass is 351 g/mol. The number of benzene rings is 1. The number of carbonyl (C=O) groups is 1. The topological polar surface area (TPSA) is 93.5 Å². The van der Waals surface area contributed by atoms with Crippen LogP contribution in [-0.4, -0.2) is 33.3 Å². The number of aromatic nitrogens is 2. The lowest BCUT2D eigenvalue weighted by Crippen LogP contribution is -2.30. The number of carbonyl (C=O) groups excluding carboxylic acids is 1. The summed E-state index contributed by atoms with van der Waals surface area (Å²) in [6.07, 6.45) is 0.762. The second kappa shape index (κ2) is 7.08. The minimum Gasteiger partial charge on any atom is -0.394 e. The molecular weight excluding hydrogens is 336 g/mol. The van der Waals surface area contributed by atoms with Crippen LogP contribution < -0.4 is 11.0 Å². The van der Waals surface area contributed by atoms with Gasteiger partial charge >= 0.3 is 5.69 Å². The first-order valence-corrected chi connectivity index (χ1v) is 7.60. The molecule has 0 unspecified atom stereocenters. The Morgan fingerprint density at radius 2 is 2.04 bits per heavy atom. The molecule has 132 valence electrons. The van der Waals surface area contributed by atoms with Crippen molar-refractivity contribution >= 4 is 11.7 Å². The Balaban J connectivity index is 1.79. The van der Waals surface area contributed by atoms with Gasteiger partial charge in [0, 0.05) is 5.56 Å². The van der Waals surface area contributed by atoms with Crippen molar-refractivity contribution in [3.8, 4) is 0 Å². The summed E-state index contributed by atoms with van der Waals surface area (Å²) in [5, 5.41) is 11.2. The molecule has 7 nitrogen and oxygen atoms in total. The highest BCUT2D eigenvalue weighted by Crippen LogP contribution is 2.27. The van der Waals surface area contributed by atoms with Crippen molar-refractivity contribution in [3.05, 3.63) is 58.1 Å². The molecule has 25 heavy (non-hydrogen) atoms. The summed E-state index contributed by atoms with van der Waals surface area (Å²) >= 11 is 0. The minimum absolute atomic E-state index is 0.0942. The number of nitrogens with one attached hydrogen (secondary N) is 1. The highest BCUT2D eigenvalue weighted by atomic mass is 19.1. The highest BCUT2D eigenvalue weighted by molar-refractivity contribution is 6.03. The zero-order valence-corrected chi connectivity index (χ0v) is 13.0. The largest absolute Gasteiger partial charge is 0.394 e. The number of hydrogen-bond donors (Lipinski definition) is 2. The SMILES string of the molecule is O=C(Nc1nc(=O)n([C@H]2CC[C@@H](CO)O2)cc1F)c1ccc(F)cc1. The summed E-state index contributed by atoms with van der Waals surface area (Å²) in [6, 6.07) is 4.63. The van der Waals surface area contributed by atoms with Crippen molar-refractivity contribution in [2.75, 3.05) is 11.9 Å². The minimum atomic E-state index is -0.911. The zero-order valence-electron chi connectivity index (χ0n) is 13.0. The normalized spacial score (nSPS) is 19.8. The molecule has 1 aromatic carbocycles. The molecule has 2 N–H and O–H groups in total. The Hall–Kier alpha value is -2.65. The van der Waals surface area contributed by atoms with Gasteiger partial charge in [0.2, 0.25) is 0 Å². The van der Waals surface area contributed by atoms with E-state index in [1.165, 1.54) is 12.1 Å². The maximum absolute atomic E-state index is 14.2. The first-order valence-electron chi connectivity index (χ1n) is 7.60. The molecule has 0 aliphatic carbocycles. The number of aliphatic hydroxyl groups excluding tert-OH is 1. The average molecular weight is 351 g/mol. The maximum Gasteiger partial charge on any atom is 0.351 e. The Labute approximate surface area is 140 Å².